The molecule has 6 nitrogen and oxygen atoms in total. The van der Waals surface area contributed by atoms with Gasteiger partial charge in [0, 0.05) is 31.0 Å². The van der Waals surface area contributed by atoms with Gasteiger partial charge in [-0.2, -0.15) is 4.31 Å². The lowest BCUT2D eigenvalue weighted by molar-refractivity contribution is 0.0960. The van der Waals surface area contributed by atoms with Crippen LogP contribution in [-0.2, 0) is 27.1 Å². The predicted molar refractivity (Wildman–Crippen MR) is 132 cm³/mol. The van der Waals surface area contributed by atoms with Gasteiger partial charge in [0.25, 0.3) is 0 Å². The van der Waals surface area contributed by atoms with Crippen molar-refractivity contribution in [3.05, 3.63) is 52.8 Å². The van der Waals surface area contributed by atoms with Crippen LogP contribution in [0.3, 0.4) is 0 Å². The molecule has 2 aromatic carbocycles. The zero-order chi connectivity index (χ0) is 27.2. The minimum atomic E-state index is -3.76. The molecule has 0 amide bonds. The molecule has 5 rings (SSSR count). The highest BCUT2D eigenvalue weighted by Crippen LogP contribution is 2.33. The van der Waals surface area contributed by atoms with Gasteiger partial charge in [-0.05, 0) is 49.8 Å². The summed E-state index contributed by atoms with van der Waals surface area (Å²) in [5.41, 5.74) is -0.0370. The molecule has 2 aliphatic rings. The van der Waals surface area contributed by atoms with Gasteiger partial charge in [-0.3, -0.25) is 0 Å². The topological polar surface area (TPSA) is 64.4 Å². The molecule has 2 aliphatic heterocycles. The van der Waals surface area contributed by atoms with Gasteiger partial charge in [-0.25, -0.2) is 35.4 Å². The van der Waals surface area contributed by atoms with Gasteiger partial charge in [-0.15, -0.1) is 0 Å². The van der Waals surface area contributed by atoms with E-state index in [-0.39, 0.29) is 22.1 Å². The van der Waals surface area contributed by atoms with Crippen LogP contribution in [0.1, 0.15) is 38.2 Å². The number of halogens is 5. The van der Waals surface area contributed by atoms with Crippen molar-refractivity contribution in [1.82, 2.24) is 13.9 Å². The molecule has 2 atom stereocenters. The molecule has 38 heavy (non-hydrogen) atoms. The summed E-state index contributed by atoms with van der Waals surface area (Å²) >= 11 is 0.803. The third-order valence-electron chi connectivity index (χ3n) is 7.00. The van der Waals surface area contributed by atoms with Crippen molar-refractivity contribution < 1.29 is 35.1 Å². The first-order valence-electron chi connectivity index (χ1n) is 12.3. The zero-order valence-corrected chi connectivity index (χ0v) is 22.2. The molecular formula is C25H26F5N3O3S2. The van der Waals surface area contributed by atoms with E-state index in [0.717, 1.165) is 37.4 Å². The average Bonchev–Trinajstić information content (AvgIpc) is 3.54. The molecule has 13 heteroatoms. The van der Waals surface area contributed by atoms with Gasteiger partial charge < -0.3 is 9.30 Å². The summed E-state index contributed by atoms with van der Waals surface area (Å²) in [6.07, 6.45) is 3.22. The van der Waals surface area contributed by atoms with Gasteiger partial charge in [0.2, 0.25) is 15.8 Å². The second kappa shape index (κ2) is 10.7. The number of ether oxygens (including phenoxy) is 1. The number of fused-ring (bicyclic) bond motifs is 1. The van der Waals surface area contributed by atoms with E-state index in [0.29, 0.717) is 37.3 Å². The summed E-state index contributed by atoms with van der Waals surface area (Å²) in [7, 11) is -3.76. The van der Waals surface area contributed by atoms with Crippen molar-refractivity contribution in [2.75, 3.05) is 19.7 Å². The molecule has 1 aromatic heterocycles. The van der Waals surface area contributed by atoms with Gasteiger partial charge >= 0.3 is 0 Å². The second-order valence-electron chi connectivity index (χ2n) is 9.74. The van der Waals surface area contributed by atoms with Crippen molar-refractivity contribution in [3.63, 3.8) is 0 Å². The van der Waals surface area contributed by atoms with Crippen LogP contribution in [0.2, 0.25) is 0 Å². The quantitative estimate of drug-likeness (QED) is 0.158. The summed E-state index contributed by atoms with van der Waals surface area (Å²) in [6.45, 7) is 3.79. The molecular weight excluding hydrogens is 549 g/mol. The first kappa shape index (κ1) is 27.4. The Morgan fingerprint density at radius 1 is 1.03 bits per heavy atom. The molecule has 0 spiro atoms. The maximum Gasteiger partial charge on any atom is 0.243 e. The Bertz CT molecular complexity index is 1450. The van der Waals surface area contributed by atoms with E-state index >= 15 is 0 Å². The SMILES string of the molecule is CC1CCCN(S(=O)(=O)c2ccc3c(c2)nc(SCc2c(F)c(F)c(F)c(F)c2F)n3CC2CCCO2)C1. The van der Waals surface area contributed by atoms with Crippen LogP contribution in [0, 0.1) is 35.0 Å². The van der Waals surface area contributed by atoms with E-state index in [1.54, 1.807) is 10.6 Å². The fraction of sp³-hybridized carbons (Fsp3) is 0.480. The van der Waals surface area contributed by atoms with Crippen LogP contribution in [0.5, 0.6) is 0 Å². The van der Waals surface area contributed by atoms with Crippen LogP contribution in [0.4, 0.5) is 22.0 Å². The van der Waals surface area contributed by atoms with E-state index in [2.05, 4.69) is 4.98 Å². The summed E-state index contributed by atoms with van der Waals surface area (Å²) in [6, 6.07) is 4.58. The first-order chi connectivity index (χ1) is 18.1. The third-order valence-corrected chi connectivity index (χ3v) is 9.86. The first-order valence-corrected chi connectivity index (χ1v) is 14.8. The Labute approximate surface area is 221 Å². The summed E-state index contributed by atoms with van der Waals surface area (Å²) in [5.74, 6) is -10.3. The number of nitrogens with zero attached hydrogens (tertiary/aromatic N) is 3. The molecule has 2 saturated heterocycles. The van der Waals surface area contributed by atoms with Crippen LogP contribution in [-0.4, -0.2) is 48.1 Å². The van der Waals surface area contributed by atoms with Crippen molar-refractivity contribution in [3.8, 4) is 0 Å². The predicted octanol–water partition coefficient (Wildman–Crippen LogP) is 5.62. The smallest absolute Gasteiger partial charge is 0.243 e. The maximum atomic E-state index is 14.3. The molecule has 3 aromatic rings. The van der Waals surface area contributed by atoms with Crippen LogP contribution in [0.15, 0.2) is 28.3 Å². The number of rotatable bonds is 7. The number of piperidine rings is 1. The second-order valence-corrected chi connectivity index (χ2v) is 12.6. The molecule has 2 unspecified atom stereocenters. The van der Waals surface area contributed by atoms with E-state index in [1.807, 2.05) is 6.92 Å². The average molecular weight is 576 g/mol. The van der Waals surface area contributed by atoms with Gasteiger partial charge in [0.15, 0.2) is 28.4 Å². The normalized spacial score (nSPS) is 21.0. The zero-order valence-electron chi connectivity index (χ0n) is 20.5. The summed E-state index contributed by atoms with van der Waals surface area (Å²) in [4.78, 5) is 4.59. The van der Waals surface area contributed by atoms with Crippen molar-refractivity contribution in [1.29, 1.82) is 0 Å². The van der Waals surface area contributed by atoms with Crippen molar-refractivity contribution in [2.24, 2.45) is 5.92 Å². The highest BCUT2D eigenvalue weighted by molar-refractivity contribution is 7.98. The summed E-state index contributed by atoms with van der Waals surface area (Å²) in [5, 5.41) is 0.251. The Kier molecular flexibility index (Phi) is 7.73. The van der Waals surface area contributed by atoms with E-state index < -0.39 is 50.4 Å². The number of aromatic nitrogens is 2. The maximum absolute atomic E-state index is 14.3. The lowest BCUT2D eigenvalue weighted by Crippen LogP contribution is -2.39. The molecule has 0 saturated carbocycles. The fourth-order valence-corrected chi connectivity index (χ4v) is 7.59. The minimum absolute atomic E-state index is 0.0807. The lowest BCUT2D eigenvalue weighted by atomic mass is 10.0. The molecule has 0 radical (unpaired) electrons. The number of benzene rings is 2. The Balaban J connectivity index is 1.51. The molecule has 0 aliphatic carbocycles. The van der Waals surface area contributed by atoms with Crippen LogP contribution >= 0.6 is 11.8 Å². The monoisotopic (exact) mass is 575 g/mol. The van der Waals surface area contributed by atoms with E-state index in [1.165, 1.54) is 16.4 Å². The van der Waals surface area contributed by atoms with Gasteiger partial charge in [-0.1, -0.05) is 18.7 Å². The summed E-state index contributed by atoms with van der Waals surface area (Å²) < 4.78 is 105. The molecule has 2 fully saturated rings. The van der Waals surface area contributed by atoms with Gasteiger partial charge in [0.05, 0.1) is 28.6 Å². The number of hydrogen-bond acceptors (Lipinski definition) is 5. The van der Waals surface area contributed by atoms with Crippen LogP contribution < -0.4 is 0 Å². The van der Waals surface area contributed by atoms with E-state index in [4.69, 9.17) is 4.74 Å². The minimum Gasteiger partial charge on any atom is -0.376 e. The van der Waals surface area contributed by atoms with Crippen molar-refractivity contribution in [2.45, 2.75) is 61.1 Å². The lowest BCUT2D eigenvalue weighted by Gasteiger charge is -2.30. The Hall–Kier alpha value is -2.22. The number of imidazole rings is 1. The number of sulfonamides is 1. The van der Waals surface area contributed by atoms with E-state index in [9.17, 15) is 30.4 Å². The standard InChI is InChI=1S/C25H26F5N3O3S2/c1-14-4-2-8-32(11-14)38(34,35)16-6-7-19-18(10-16)31-25(33(19)12-15-5-3-9-36-15)37-13-17-20(26)22(28)24(30)23(29)21(17)27/h6-7,10,14-15H,2-5,8-9,11-13H2,1H3. The molecule has 3 heterocycles. The molecule has 206 valence electrons. The Morgan fingerprint density at radius 2 is 1.74 bits per heavy atom. The van der Waals surface area contributed by atoms with Crippen molar-refractivity contribution >= 4 is 32.8 Å². The largest absolute Gasteiger partial charge is 0.376 e. The Morgan fingerprint density at radius 3 is 2.39 bits per heavy atom. The number of thioether (sulfide) groups is 1. The fourth-order valence-electron chi connectivity index (χ4n) is 4.95. The third kappa shape index (κ3) is 5.05. The molecule has 0 N–H and O–H groups in total. The van der Waals surface area contributed by atoms with Crippen LogP contribution in [0.25, 0.3) is 11.0 Å². The molecule has 0 bridgehead atoms. The highest BCUT2D eigenvalue weighted by Gasteiger charge is 2.30. The highest BCUT2D eigenvalue weighted by atomic mass is 32.2. The van der Waals surface area contributed by atoms with Gasteiger partial charge in [0.1, 0.15) is 0 Å². The number of hydrogen-bond donors (Lipinski definition) is 0.